The van der Waals surface area contributed by atoms with Crippen LogP contribution in [0, 0.1) is 0 Å². The van der Waals surface area contributed by atoms with Crippen molar-refractivity contribution in [2.75, 3.05) is 26.2 Å². The average molecular weight is 395 g/mol. The number of urea groups is 2. The Morgan fingerprint density at radius 3 is 1.54 bits per heavy atom. The molecule has 2 N–H and O–H groups in total. The first-order chi connectivity index (χ1) is 13.7. The minimum absolute atomic E-state index is 0.117. The van der Waals surface area contributed by atoms with Crippen LogP contribution in [0.1, 0.15) is 90.9 Å². The Morgan fingerprint density at radius 2 is 1.14 bits per heavy atom. The van der Waals surface area contributed by atoms with E-state index in [1.807, 2.05) is 9.80 Å². The van der Waals surface area contributed by atoms with Crippen molar-refractivity contribution in [1.82, 2.24) is 20.4 Å². The van der Waals surface area contributed by atoms with Gasteiger partial charge in [-0.25, -0.2) is 9.59 Å². The van der Waals surface area contributed by atoms with Gasteiger partial charge >= 0.3 is 12.1 Å². The molecule has 162 valence electrons. The van der Waals surface area contributed by atoms with Gasteiger partial charge in [0.1, 0.15) is 0 Å². The number of amides is 4. The summed E-state index contributed by atoms with van der Waals surface area (Å²) >= 11 is 0. The molecule has 2 unspecified atom stereocenters. The van der Waals surface area contributed by atoms with Gasteiger partial charge in [-0.1, -0.05) is 26.7 Å². The Kier molecular flexibility index (Phi) is 10.5. The highest BCUT2D eigenvalue weighted by Crippen LogP contribution is 2.20. The fourth-order valence-electron chi connectivity index (χ4n) is 4.58. The molecular weight excluding hydrogens is 352 g/mol. The molecule has 0 spiro atoms. The number of piperidine rings is 2. The first-order valence-electron chi connectivity index (χ1n) is 11.8. The maximum absolute atomic E-state index is 12.3. The van der Waals surface area contributed by atoms with Crippen molar-refractivity contribution in [1.29, 1.82) is 0 Å². The van der Waals surface area contributed by atoms with Gasteiger partial charge in [0.05, 0.1) is 0 Å². The van der Waals surface area contributed by atoms with Crippen LogP contribution in [-0.4, -0.2) is 60.1 Å². The van der Waals surface area contributed by atoms with E-state index < -0.39 is 0 Å². The largest absolute Gasteiger partial charge is 0.338 e. The zero-order valence-electron chi connectivity index (χ0n) is 18.2. The van der Waals surface area contributed by atoms with Crippen molar-refractivity contribution in [2.24, 2.45) is 0 Å². The quantitative estimate of drug-likeness (QED) is 0.566. The van der Waals surface area contributed by atoms with E-state index in [1.54, 1.807) is 0 Å². The van der Waals surface area contributed by atoms with E-state index in [-0.39, 0.29) is 12.1 Å². The molecule has 6 heteroatoms. The molecule has 0 radical (unpaired) electrons. The second-order valence-corrected chi connectivity index (χ2v) is 8.38. The lowest BCUT2D eigenvalue weighted by atomic mass is 10.0. The van der Waals surface area contributed by atoms with Gasteiger partial charge in [0.15, 0.2) is 0 Å². The molecule has 0 aromatic rings. The Hall–Kier alpha value is -1.46. The van der Waals surface area contributed by atoms with Crippen LogP contribution in [0.15, 0.2) is 0 Å². The van der Waals surface area contributed by atoms with Crippen molar-refractivity contribution >= 4 is 12.1 Å². The zero-order chi connectivity index (χ0) is 20.2. The summed E-state index contributed by atoms with van der Waals surface area (Å²) in [4.78, 5) is 28.7. The first-order valence-corrected chi connectivity index (χ1v) is 11.8. The third-order valence-corrected chi connectivity index (χ3v) is 6.37. The van der Waals surface area contributed by atoms with Crippen LogP contribution < -0.4 is 10.6 Å². The minimum atomic E-state index is 0.117. The molecule has 4 amide bonds. The molecule has 0 saturated carbocycles. The molecule has 2 atom stereocenters. The summed E-state index contributed by atoms with van der Waals surface area (Å²) in [7, 11) is 0. The number of carbonyl (C=O) groups excluding carboxylic acids is 2. The smallest absolute Gasteiger partial charge is 0.317 e. The van der Waals surface area contributed by atoms with E-state index in [1.165, 1.54) is 12.8 Å². The van der Waals surface area contributed by atoms with Crippen LogP contribution in [0.25, 0.3) is 0 Å². The predicted octanol–water partition coefficient (Wildman–Crippen LogP) is 4.50. The van der Waals surface area contributed by atoms with Gasteiger partial charge in [-0.05, 0) is 64.2 Å². The first kappa shape index (κ1) is 22.8. The van der Waals surface area contributed by atoms with E-state index in [0.29, 0.717) is 12.1 Å². The SMILES string of the molecule is CCC1CCCCN1C(=O)NCCCCCCNC(=O)N1CCCCC1CC. The lowest BCUT2D eigenvalue weighted by Gasteiger charge is -2.35. The number of nitrogens with zero attached hydrogens (tertiary/aromatic N) is 2. The summed E-state index contributed by atoms with van der Waals surface area (Å²) in [6, 6.07) is 1.07. The molecule has 6 nitrogen and oxygen atoms in total. The highest BCUT2D eigenvalue weighted by Gasteiger charge is 2.25. The Labute approximate surface area is 171 Å². The van der Waals surface area contributed by atoms with Crippen LogP contribution in [0.5, 0.6) is 0 Å². The Morgan fingerprint density at radius 1 is 0.714 bits per heavy atom. The van der Waals surface area contributed by atoms with Crippen molar-refractivity contribution in [3.63, 3.8) is 0 Å². The zero-order valence-corrected chi connectivity index (χ0v) is 18.2. The molecule has 0 aliphatic carbocycles. The fraction of sp³-hybridized carbons (Fsp3) is 0.909. The van der Waals surface area contributed by atoms with Crippen molar-refractivity contribution in [2.45, 2.75) is 103 Å². The molecule has 2 fully saturated rings. The van der Waals surface area contributed by atoms with Crippen LogP contribution in [0.4, 0.5) is 9.59 Å². The number of hydrogen-bond acceptors (Lipinski definition) is 2. The Balaban J connectivity index is 1.49. The van der Waals surface area contributed by atoms with E-state index in [4.69, 9.17) is 0 Å². The number of rotatable bonds is 9. The minimum Gasteiger partial charge on any atom is -0.338 e. The maximum Gasteiger partial charge on any atom is 0.317 e. The third kappa shape index (κ3) is 7.17. The van der Waals surface area contributed by atoms with Crippen LogP contribution in [-0.2, 0) is 0 Å². The number of hydrogen-bond donors (Lipinski definition) is 2. The average Bonchev–Trinajstić information content (AvgIpc) is 2.75. The van der Waals surface area contributed by atoms with Gasteiger partial charge in [0, 0.05) is 38.3 Å². The van der Waals surface area contributed by atoms with Crippen LogP contribution in [0.3, 0.4) is 0 Å². The highest BCUT2D eigenvalue weighted by atomic mass is 16.2. The Bertz CT molecular complexity index is 429. The van der Waals surface area contributed by atoms with Gasteiger partial charge < -0.3 is 20.4 Å². The van der Waals surface area contributed by atoms with Crippen molar-refractivity contribution in [3.8, 4) is 0 Å². The molecule has 28 heavy (non-hydrogen) atoms. The van der Waals surface area contributed by atoms with Crippen LogP contribution >= 0.6 is 0 Å². The summed E-state index contributed by atoms with van der Waals surface area (Å²) in [6.45, 7) is 7.65. The topological polar surface area (TPSA) is 64.7 Å². The van der Waals surface area contributed by atoms with E-state index in [2.05, 4.69) is 24.5 Å². The number of unbranched alkanes of at least 4 members (excludes halogenated alkanes) is 3. The van der Waals surface area contributed by atoms with Gasteiger partial charge in [-0.15, -0.1) is 0 Å². The second kappa shape index (κ2) is 12.9. The standard InChI is InChI=1S/C22H42N4O2/c1-3-19-13-7-11-17-25(19)21(27)23-15-9-5-6-10-16-24-22(28)26-18-12-8-14-20(26)4-2/h19-20H,3-18H2,1-2H3,(H,23,27)(H,24,28). The maximum atomic E-state index is 12.3. The van der Waals surface area contributed by atoms with Gasteiger partial charge in [-0.3, -0.25) is 0 Å². The summed E-state index contributed by atoms with van der Waals surface area (Å²) in [5.74, 6) is 0. The number of nitrogens with one attached hydrogen (secondary N) is 2. The summed E-state index contributed by atoms with van der Waals surface area (Å²) < 4.78 is 0. The molecule has 2 heterocycles. The van der Waals surface area contributed by atoms with E-state index >= 15 is 0 Å². The van der Waals surface area contributed by atoms with E-state index in [9.17, 15) is 9.59 Å². The molecular formula is C22H42N4O2. The number of carbonyl (C=O) groups is 2. The van der Waals surface area contributed by atoms with E-state index in [0.717, 1.165) is 90.4 Å². The summed E-state index contributed by atoms with van der Waals surface area (Å²) in [6.07, 6.45) is 13.3. The third-order valence-electron chi connectivity index (χ3n) is 6.37. The lowest BCUT2D eigenvalue weighted by Crippen LogP contribution is -2.48. The lowest BCUT2D eigenvalue weighted by molar-refractivity contribution is 0.148. The number of likely N-dealkylation sites (tertiary alicyclic amines) is 2. The molecule has 2 aliphatic heterocycles. The summed E-state index contributed by atoms with van der Waals surface area (Å²) in [5.41, 5.74) is 0. The van der Waals surface area contributed by atoms with Gasteiger partial charge in [0.2, 0.25) is 0 Å². The molecule has 0 aromatic carbocycles. The second-order valence-electron chi connectivity index (χ2n) is 8.38. The monoisotopic (exact) mass is 394 g/mol. The van der Waals surface area contributed by atoms with Gasteiger partial charge in [0.25, 0.3) is 0 Å². The highest BCUT2D eigenvalue weighted by molar-refractivity contribution is 5.75. The van der Waals surface area contributed by atoms with Crippen molar-refractivity contribution < 1.29 is 9.59 Å². The molecule has 0 bridgehead atoms. The summed E-state index contributed by atoms with van der Waals surface area (Å²) in [5, 5.41) is 6.18. The normalized spacial score (nSPS) is 22.8. The van der Waals surface area contributed by atoms with Gasteiger partial charge in [-0.2, -0.15) is 0 Å². The van der Waals surface area contributed by atoms with Crippen LogP contribution in [0.2, 0.25) is 0 Å². The van der Waals surface area contributed by atoms with Crippen molar-refractivity contribution in [3.05, 3.63) is 0 Å². The molecule has 0 aromatic heterocycles. The molecule has 2 rings (SSSR count). The predicted molar refractivity (Wildman–Crippen MR) is 115 cm³/mol. The fourth-order valence-corrected chi connectivity index (χ4v) is 4.58. The molecule has 2 aliphatic rings. The molecule has 2 saturated heterocycles.